The number of aromatic nitrogens is 2. The van der Waals surface area contributed by atoms with Gasteiger partial charge in [-0.15, -0.1) is 0 Å². The fraction of sp³-hybridized carbons (Fsp3) is 0.412. The van der Waals surface area contributed by atoms with Gasteiger partial charge in [-0.05, 0) is 30.0 Å². The van der Waals surface area contributed by atoms with Crippen molar-refractivity contribution in [2.24, 2.45) is 11.8 Å². The maximum atomic E-state index is 12.9. The van der Waals surface area contributed by atoms with Crippen molar-refractivity contribution in [2.75, 3.05) is 19.6 Å². The van der Waals surface area contributed by atoms with Crippen molar-refractivity contribution >= 4 is 5.91 Å². The van der Waals surface area contributed by atoms with Gasteiger partial charge in [0.15, 0.2) is 0 Å². The molecule has 3 atom stereocenters. The fourth-order valence-electron chi connectivity index (χ4n) is 3.98. The number of carbonyl (C=O) groups is 1. The first kappa shape index (κ1) is 13.5. The van der Waals surface area contributed by atoms with E-state index in [9.17, 15) is 4.79 Å². The zero-order valence-electron chi connectivity index (χ0n) is 12.6. The lowest BCUT2D eigenvalue weighted by molar-refractivity contribution is 0.0707. The van der Waals surface area contributed by atoms with E-state index in [4.69, 9.17) is 0 Å². The van der Waals surface area contributed by atoms with E-state index in [2.05, 4.69) is 46.7 Å². The summed E-state index contributed by atoms with van der Waals surface area (Å²) in [6.07, 6.45) is 1.63. The van der Waals surface area contributed by atoms with E-state index in [0.29, 0.717) is 17.5 Å². The maximum absolute atomic E-state index is 12.9. The van der Waals surface area contributed by atoms with E-state index in [1.807, 2.05) is 4.90 Å². The third-order valence-electron chi connectivity index (χ3n) is 5.06. The first-order chi connectivity index (χ1) is 10.8. The Bertz CT molecular complexity index is 682. The number of carbonyl (C=O) groups excluding carboxylic acids is 1. The number of H-pyrrole nitrogens is 1. The number of aromatic amines is 1. The SMILES string of the molecule is Cc1ccccc1[C@@H]1[C@H]2CNC[C@H]2CN1C(=O)c1ccn[nH]1. The number of benzene rings is 1. The number of hydrogen-bond donors (Lipinski definition) is 2. The van der Waals surface area contributed by atoms with Crippen molar-refractivity contribution in [1.29, 1.82) is 0 Å². The van der Waals surface area contributed by atoms with Crippen LogP contribution in [-0.4, -0.2) is 40.6 Å². The minimum Gasteiger partial charge on any atom is -0.330 e. The topological polar surface area (TPSA) is 61.0 Å². The van der Waals surface area contributed by atoms with Crippen molar-refractivity contribution < 1.29 is 4.79 Å². The fourth-order valence-corrected chi connectivity index (χ4v) is 3.98. The van der Waals surface area contributed by atoms with E-state index in [1.165, 1.54) is 11.1 Å². The Morgan fingerprint density at radius 3 is 2.91 bits per heavy atom. The predicted molar refractivity (Wildman–Crippen MR) is 83.4 cm³/mol. The van der Waals surface area contributed by atoms with Gasteiger partial charge in [-0.25, -0.2) is 0 Å². The summed E-state index contributed by atoms with van der Waals surface area (Å²) in [6.45, 7) is 4.93. The molecule has 5 heteroatoms. The molecule has 0 aliphatic carbocycles. The summed E-state index contributed by atoms with van der Waals surface area (Å²) in [5.41, 5.74) is 3.10. The third kappa shape index (κ3) is 2.04. The molecule has 1 aromatic carbocycles. The van der Waals surface area contributed by atoms with Crippen molar-refractivity contribution in [3.05, 3.63) is 53.3 Å². The van der Waals surface area contributed by atoms with E-state index in [1.54, 1.807) is 12.3 Å². The molecule has 22 heavy (non-hydrogen) atoms. The molecule has 2 aliphatic rings. The molecule has 2 aliphatic heterocycles. The monoisotopic (exact) mass is 296 g/mol. The molecule has 0 radical (unpaired) electrons. The summed E-state index contributed by atoms with van der Waals surface area (Å²) < 4.78 is 0. The highest BCUT2D eigenvalue weighted by molar-refractivity contribution is 5.92. The highest BCUT2D eigenvalue weighted by Crippen LogP contribution is 2.43. The second-order valence-electron chi connectivity index (χ2n) is 6.31. The predicted octanol–water partition coefficient (Wildman–Crippen LogP) is 1.75. The number of fused-ring (bicyclic) bond motifs is 1. The second-order valence-corrected chi connectivity index (χ2v) is 6.31. The number of amides is 1. The standard InChI is InChI=1S/C17H20N4O/c1-11-4-2-3-5-13(11)16-14-9-18-8-12(14)10-21(16)17(22)15-6-7-19-20-15/h2-7,12,14,16,18H,8-10H2,1H3,(H,19,20)/t12-,14-,16+/m0/s1. The Labute approximate surface area is 129 Å². The molecule has 0 bridgehead atoms. The van der Waals surface area contributed by atoms with Crippen LogP contribution in [0.1, 0.15) is 27.7 Å². The van der Waals surface area contributed by atoms with E-state index >= 15 is 0 Å². The quantitative estimate of drug-likeness (QED) is 0.887. The first-order valence-corrected chi connectivity index (χ1v) is 7.82. The van der Waals surface area contributed by atoms with Gasteiger partial charge in [0, 0.05) is 31.7 Å². The van der Waals surface area contributed by atoms with Gasteiger partial charge in [-0.1, -0.05) is 24.3 Å². The number of hydrogen-bond acceptors (Lipinski definition) is 3. The zero-order chi connectivity index (χ0) is 15.1. The number of rotatable bonds is 2. The summed E-state index contributed by atoms with van der Waals surface area (Å²) in [6, 6.07) is 10.3. The smallest absolute Gasteiger partial charge is 0.272 e. The highest BCUT2D eigenvalue weighted by Gasteiger charge is 2.47. The van der Waals surface area contributed by atoms with Gasteiger partial charge >= 0.3 is 0 Å². The summed E-state index contributed by atoms with van der Waals surface area (Å²) in [5, 5.41) is 10.2. The molecule has 0 saturated carbocycles. The van der Waals surface area contributed by atoms with E-state index in [0.717, 1.165) is 19.6 Å². The molecule has 2 N–H and O–H groups in total. The maximum Gasteiger partial charge on any atom is 0.272 e. The van der Waals surface area contributed by atoms with E-state index < -0.39 is 0 Å². The van der Waals surface area contributed by atoms with Crippen molar-refractivity contribution in [2.45, 2.75) is 13.0 Å². The van der Waals surface area contributed by atoms with E-state index in [-0.39, 0.29) is 11.9 Å². The lowest BCUT2D eigenvalue weighted by Gasteiger charge is -2.29. The minimum absolute atomic E-state index is 0.0557. The minimum atomic E-state index is 0.0557. The molecule has 2 saturated heterocycles. The van der Waals surface area contributed by atoms with Gasteiger partial charge in [-0.2, -0.15) is 5.10 Å². The Balaban J connectivity index is 1.74. The van der Waals surface area contributed by atoms with Crippen molar-refractivity contribution in [1.82, 2.24) is 20.4 Å². The van der Waals surface area contributed by atoms with Crippen LogP contribution in [0.4, 0.5) is 0 Å². The summed E-state index contributed by atoms with van der Waals surface area (Å²) in [4.78, 5) is 14.9. The first-order valence-electron chi connectivity index (χ1n) is 7.82. The molecular weight excluding hydrogens is 276 g/mol. The van der Waals surface area contributed by atoms with Crippen LogP contribution in [0.25, 0.3) is 0 Å². The van der Waals surface area contributed by atoms with Crippen LogP contribution in [0, 0.1) is 18.8 Å². The van der Waals surface area contributed by atoms with Crippen molar-refractivity contribution in [3.63, 3.8) is 0 Å². The molecule has 0 unspecified atom stereocenters. The highest BCUT2D eigenvalue weighted by atomic mass is 16.2. The number of nitrogens with one attached hydrogen (secondary N) is 2. The molecule has 2 fully saturated rings. The Kier molecular flexibility index (Phi) is 3.22. The second kappa shape index (κ2) is 5.25. The van der Waals surface area contributed by atoms with Gasteiger partial charge in [0.2, 0.25) is 0 Å². The molecule has 1 aromatic heterocycles. The lowest BCUT2D eigenvalue weighted by Crippen LogP contribution is -2.35. The largest absolute Gasteiger partial charge is 0.330 e. The summed E-state index contributed by atoms with van der Waals surface area (Å²) in [7, 11) is 0. The Hall–Kier alpha value is -2.14. The molecule has 2 aromatic rings. The number of nitrogens with zero attached hydrogens (tertiary/aromatic N) is 2. The van der Waals surface area contributed by atoms with Gasteiger partial charge in [0.25, 0.3) is 5.91 Å². The average Bonchev–Trinajstić information content (AvgIpc) is 3.24. The Morgan fingerprint density at radius 2 is 2.14 bits per heavy atom. The molecule has 1 amide bonds. The summed E-state index contributed by atoms with van der Waals surface area (Å²) >= 11 is 0. The van der Waals surface area contributed by atoms with Gasteiger partial charge < -0.3 is 10.2 Å². The molecule has 5 nitrogen and oxygen atoms in total. The molecule has 0 spiro atoms. The van der Waals surface area contributed by atoms with Gasteiger partial charge in [-0.3, -0.25) is 9.89 Å². The number of likely N-dealkylation sites (tertiary alicyclic amines) is 1. The van der Waals surface area contributed by atoms with Crippen LogP contribution < -0.4 is 5.32 Å². The average molecular weight is 296 g/mol. The van der Waals surface area contributed by atoms with Crippen LogP contribution >= 0.6 is 0 Å². The molecule has 114 valence electrons. The zero-order valence-corrected chi connectivity index (χ0v) is 12.6. The Morgan fingerprint density at radius 1 is 1.27 bits per heavy atom. The van der Waals surface area contributed by atoms with Crippen LogP contribution in [0.5, 0.6) is 0 Å². The summed E-state index contributed by atoms with van der Waals surface area (Å²) in [5.74, 6) is 1.09. The van der Waals surface area contributed by atoms with Crippen LogP contribution in [0.2, 0.25) is 0 Å². The number of aryl methyl sites for hydroxylation is 1. The third-order valence-corrected chi connectivity index (χ3v) is 5.06. The molecule has 4 rings (SSSR count). The lowest BCUT2D eigenvalue weighted by atomic mass is 9.87. The van der Waals surface area contributed by atoms with Crippen molar-refractivity contribution in [3.8, 4) is 0 Å². The van der Waals surface area contributed by atoms with Gasteiger partial charge in [0.05, 0.1) is 6.04 Å². The molecule has 3 heterocycles. The normalized spacial score (nSPS) is 27.1. The van der Waals surface area contributed by atoms with Crippen LogP contribution in [0.15, 0.2) is 36.5 Å². The van der Waals surface area contributed by atoms with Gasteiger partial charge in [0.1, 0.15) is 5.69 Å². The van der Waals surface area contributed by atoms with Crippen LogP contribution in [-0.2, 0) is 0 Å². The van der Waals surface area contributed by atoms with Crippen LogP contribution in [0.3, 0.4) is 0 Å². The molecular formula is C17H20N4O.